The Morgan fingerprint density at radius 2 is 2.06 bits per heavy atom. The number of hydrogen-bond acceptors (Lipinski definition) is 5. The van der Waals surface area contributed by atoms with E-state index in [-0.39, 0.29) is 29.6 Å². The summed E-state index contributed by atoms with van der Waals surface area (Å²) in [7, 11) is 0. The largest absolute Gasteiger partial charge is 0.465 e. The number of halogens is 4. The fraction of sp³-hybridized carbons (Fsp3) is 0.350. The van der Waals surface area contributed by atoms with Gasteiger partial charge in [0, 0.05) is 32.2 Å². The first-order chi connectivity index (χ1) is 15.3. The minimum Gasteiger partial charge on any atom is -0.465 e. The van der Waals surface area contributed by atoms with Gasteiger partial charge < -0.3 is 14.7 Å². The number of likely N-dealkylation sites (tertiary alicyclic amines) is 1. The number of ether oxygens (including phenoxy) is 1. The lowest BCUT2D eigenvalue weighted by Gasteiger charge is -2.30. The molecule has 2 aromatic heterocycles. The SMILES string of the molecule is O=C(O)N(CCN1CCC(F)CC1)c1cc(Oc2cccc(F)c2F)nc2c(Br)cnn12. The number of anilines is 1. The van der Waals surface area contributed by atoms with Crippen molar-refractivity contribution in [1.82, 2.24) is 19.5 Å². The number of nitrogens with zero attached hydrogens (tertiary/aromatic N) is 5. The van der Waals surface area contributed by atoms with Crippen molar-refractivity contribution in [1.29, 1.82) is 0 Å². The Morgan fingerprint density at radius 3 is 2.78 bits per heavy atom. The summed E-state index contributed by atoms with van der Waals surface area (Å²) in [5, 5.41) is 14.0. The highest BCUT2D eigenvalue weighted by Crippen LogP contribution is 2.30. The molecule has 1 N–H and O–H groups in total. The minimum atomic E-state index is -1.24. The minimum absolute atomic E-state index is 0.0800. The molecule has 0 saturated carbocycles. The molecular formula is C20H19BrF3N5O3. The fourth-order valence-corrected chi connectivity index (χ4v) is 3.84. The van der Waals surface area contributed by atoms with Gasteiger partial charge in [-0.25, -0.2) is 13.6 Å². The van der Waals surface area contributed by atoms with E-state index in [0.717, 1.165) is 11.0 Å². The Morgan fingerprint density at radius 1 is 1.31 bits per heavy atom. The summed E-state index contributed by atoms with van der Waals surface area (Å²) >= 11 is 3.29. The van der Waals surface area contributed by atoms with Gasteiger partial charge in [0.2, 0.25) is 11.7 Å². The van der Waals surface area contributed by atoms with Crippen LogP contribution in [0.1, 0.15) is 12.8 Å². The molecular weight excluding hydrogens is 495 g/mol. The third-order valence-corrected chi connectivity index (χ3v) is 5.74. The summed E-state index contributed by atoms with van der Waals surface area (Å²) in [6.45, 7) is 1.55. The number of carbonyl (C=O) groups is 1. The van der Waals surface area contributed by atoms with Crippen LogP contribution in [-0.4, -0.2) is 63.0 Å². The lowest BCUT2D eigenvalue weighted by atomic mass is 10.1. The zero-order valence-corrected chi connectivity index (χ0v) is 18.3. The van der Waals surface area contributed by atoms with Gasteiger partial charge in [0.1, 0.15) is 12.0 Å². The van der Waals surface area contributed by atoms with Crippen molar-refractivity contribution in [2.24, 2.45) is 0 Å². The van der Waals surface area contributed by atoms with Gasteiger partial charge in [-0.05, 0) is 40.9 Å². The van der Waals surface area contributed by atoms with Crippen LogP contribution in [0, 0.1) is 11.6 Å². The third-order valence-electron chi connectivity index (χ3n) is 5.18. The van der Waals surface area contributed by atoms with Gasteiger partial charge in [-0.3, -0.25) is 4.90 Å². The lowest BCUT2D eigenvalue weighted by Crippen LogP contribution is -2.42. The summed E-state index contributed by atoms with van der Waals surface area (Å²) in [6, 6.07) is 4.76. The highest BCUT2D eigenvalue weighted by Gasteiger charge is 2.24. The number of rotatable bonds is 6. The summed E-state index contributed by atoms with van der Waals surface area (Å²) in [5.41, 5.74) is 0.235. The van der Waals surface area contributed by atoms with Crippen LogP contribution >= 0.6 is 15.9 Å². The molecule has 0 unspecified atom stereocenters. The highest BCUT2D eigenvalue weighted by atomic mass is 79.9. The zero-order valence-electron chi connectivity index (χ0n) is 16.7. The van der Waals surface area contributed by atoms with Crippen molar-refractivity contribution in [3.8, 4) is 11.6 Å². The van der Waals surface area contributed by atoms with E-state index in [1.165, 1.54) is 28.9 Å². The second kappa shape index (κ2) is 9.33. The quantitative estimate of drug-likeness (QED) is 0.523. The van der Waals surface area contributed by atoms with E-state index in [4.69, 9.17) is 4.74 Å². The van der Waals surface area contributed by atoms with Crippen molar-refractivity contribution in [2.45, 2.75) is 19.0 Å². The maximum atomic E-state index is 14.1. The Labute approximate surface area is 189 Å². The molecule has 170 valence electrons. The standard InChI is InChI=1S/C20H19BrF3N5O3/c21-13-11-25-29-17(28(20(30)31)9-8-27-6-4-12(22)5-7-27)10-16(26-19(13)29)32-15-3-1-2-14(23)18(15)24/h1-3,10-12H,4-9H2,(H,30,31). The molecule has 3 heterocycles. The van der Waals surface area contributed by atoms with Gasteiger partial charge in [-0.15, -0.1) is 0 Å². The van der Waals surface area contributed by atoms with E-state index in [1.807, 2.05) is 4.90 Å². The van der Waals surface area contributed by atoms with E-state index < -0.39 is 23.9 Å². The van der Waals surface area contributed by atoms with Crippen LogP contribution in [-0.2, 0) is 0 Å². The molecule has 8 nitrogen and oxygen atoms in total. The molecule has 12 heteroatoms. The fourth-order valence-electron chi connectivity index (χ4n) is 3.49. The van der Waals surface area contributed by atoms with E-state index >= 15 is 0 Å². The van der Waals surface area contributed by atoms with Crippen LogP contribution < -0.4 is 9.64 Å². The van der Waals surface area contributed by atoms with Crippen molar-refractivity contribution in [3.05, 3.63) is 46.6 Å². The maximum Gasteiger partial charge on any atom is 0.413 e. The second-order valence-electron chi connectivity index (χ2n) is 7.28. The molecule has 1 aliphatic rings. The first-order valence-electron chi connectivity index (χ1n) is 9.86. The number of amides is 1. The monoisotopic (exact) mass is 513 g/mol. The van der Waals surface area contributed by atoms with Crippen LogP contribution in [0.2, 0.25) is 0 Å². The lowest BCUT2D eigenvalue weighted by molar-refractivity contribution is 0.151. The van der Waals surface area contributed by atoms with Crippen LogP contribution in [0.25, 0.3) is 5.65 Å². The molecule has 3 aromatic rings. The zero-order chi connectivity index (χ0) is 22.8. The summed E-state index contributed by atoms with van der Waals surface area (Å²) in [5.74, 6) is -2.68. The number of benzene rings is 1. The first kappa shape index (κ1) is 22.3. The number of carboxylic acid groups (broad SMARTS) is 1. The van der Waals surface area contributed by atoms with Gasteiger partial charge in [0.25, 0.3) is 0 Å². The van der Waals surface area contributed by atoms with Crippen LogP contribution in [0.15, 0.2) is 34.9 Å². The Hall–Kier alpha value is -2.86. The average molecular weight is 514 g/mol. The van der Waals surface area contributed by atoms with Crippen LogP contribution in [0.3, 0.4) is 0 Å². The second-order valence-corrected chi connectivity index (χ2v) is 8.14. The summed E-state index contributed by atoms with van der Waals surface area (Å²) in [4.78, 5) is 19.3. The van der Waals surface area contributed by atoms with Crippen LogP contribution in [0.4, 0.5) is 23.8 Å². The number of alkyl halides is 1. The number of fused-ring (bicyclic) bond motifs is 1. The molecule has 0 radical (unpaired) electrons. The van der Waals surface area contributed by atoms with Crippen molar-refractivity contribution in [3.63, 3.8) is 0 Å². The van der Waals surface area contributed by atoms with E-state index in [0.29, 0.717) is 36.9 Å². The van der Waals surface area contributed by atoms with Crippen LogP contribution in [0.5, 0.6) is 11.6 Å². The first-order valence-corrected chi connectivity index (χ1v) is 10.7. The predicted molar refractivity (Wildman–Crippen MR) is 113 cm³/mol. The Balaban J connectivity index is 1.66. The molecule has 1 aliphatic heterocycles. The number of hydrogen-bond donors (Lipinski definition) is 1. The van der Waals surface area contributed by atoms with Crippen molar-refractivity contribution >= 4 is 33.5 Å². The maximum absolute atomic E-state index is 14.1. The van der Waals surface area contributed by atoms with E-state index in [2.05, 4.69) is 26.0 Å². The topological polar surface area (TPSA) is 83.2 Å². The predicted octanol–water partition coefficient (Wildman–Crippen LogP) is 4.48. The molecule has 1 amide bonds. The Bertz CT molecular complexity index is 1140. The van der Waals surface area contributed by atoms with Crippen molar-refractivity contribution in [2.75, 3.05) is 31.1 Å². The Kier molecular flexibility index (Phi) is 6.51. The average Bonchev–Trinajstić information content (AvgIpc) is 3.13. The molecule has 0 bridgehead atoms. The number of piperidine rings is 1. The van der Waals surface area contributed by atoms with Gasteiger partial charge in [0.05, 0.1) is 10.7 Å². The summed E-state index contributed by atoms with van der Waals surface area (Å²) < 4.78 is 48.2. The molecule has 32 heavy (non-hydrogen) atoms. The smallest absolute Gasteiger partial charge is 0.413 e. The number of aromatic nitrogens is 3. The molecule has 1 fully saturated rings. The molecule has 0 spiro atoms. The molecule has 0 atom stereocenters. The molecule has 1 saturated heterocycles. The van der Waals surface area contributed by atoms with Crippen molar-refractivity contribution < 1.29 is 27.8 Å². The van der Waals surface area contributed by atoms with Gasteiger partial charge in [-0.1, -0.05) is 6.07 Å². The molecule has 4 rings (SSSR count). The molecule has 0 aliphatic carbocycles. The summed E-state index contributed by atoms with van der Waals surface area (Å²) in [6.07, 6.45) is 0.189. The van der Waals surface area contributed by atoms with E-state index in [1.54, 1.807) is 0 Å². The van der Waals surface area contributed by atoms with Gasteiger partial charge >= 0.3 is 6.09 Å². The van der Waals surface area contributed by atoms with Gasteiger partial charge in [0.15, 0.2) is 17.2 Å². The molecule has 1 aromatic carbocycles. The van der Waals surface area contributed by atoms with Gasteiger partial charge in [-0.2, -0.15) is 19.0 Å². The highest BCUT2D eigenvalue weighted by molar-refractivity contribution is 9.10. The normalized spacial score (nSPS) is 15.2. The van der Waals surface area contributed by atoms with E-state index in [9.17, 15) is 23.1 Å². The third kappa shape index (κ3) is 4.65.